The van der Waals surface area contributed by atoms with E-state index >= 15 is 0 Å². The van der Waals surface area contributed by atoms with Gasteiger partial charge in [0.25, 0.3) is 0 Å². The molecule has 1 atom stereocenters. The van der Waals surface area contributed by atoms with Gasteiger partial charge in [-0.25, -0.2) is 4.79 Å². The molecule has 0 heterocycles. The lowest BCUT2D eigenvalue weighted by Crippen LogP contribution is -2.09. The van der Waals surface area contributed by atoms with Crippen LogP contribution in [0.5, 0.6) is 0 Å². The van der Waals surface area contributed by atoms with Crippen LogP contribution in [0.3, 0.4) is 0 Å². The van der Waals surface area contributed by atoms with Crippen LogP contribution in [0.2, 0.25) is 0 Å². The number of nitrogens with one attached hydrogen (secondary N) is 1. The molecule has 4 nitrogen and oxygen atoms in total. The molecule has 2 aromatic rings. The number of carboxylic acids is 1. The van der Waals surface area contributed by atoms with Crippen LogP contribution in [0.4, 0.5) is 5.69 Å². The van der Waals surface area contributed by atoms with E-state index in [1.165, 1.54) is 5.56 Å². The Bertz CT molecular complexity index is 846. The van der Waals surface area contributed by atoms with Crippen molar-refractivity contribution in [1.82, 2.24) is 0 Å². The van der Waals surface area contributed by atoms with Crippen molar-refractivity contribution in [2.24, 2.45) is 0 Å². The van der Waals surface area contributed by atoms with Crippen LogP contribution in [0.25, 0.3) is 11.1 Å². The summed E-state index contributed by atoms with van der Waals surface area (Å²) in [6, 6.07) is 12.0. The number of anilines is 1. The van der Waals surface area contributed by atoms with Crippen molar-refractivity contribution >= 4 is 49.4 Å². The van der Waals surface area contributed by atoms with Gasteiger partial charge >= 0.3 is 5.97 Å². The lowest BCUT2D eigenvalue weighted by molar-refractivity contribution is -0.131. The minimum Gasteiger partial charge on any atom is -0.478 e. The Kier molecular flexibility index (Phi) is 4.37. The molecule has 1 aliphatic carbocycles. The largest absolute Gasteiger partial charge is 0.478 e. The van der Waals surface area contributed by atoms with Crippen LogP contribution in [-0.4, -0.2) is 17.0 Å². The van der Waals surface area contributed by atoms with Crippen molar-refractivity contribution in [1.29, 1.82) is 0 Å². The van der Waals surface area contributed by atoms with Gasteiger partial charge < -0.3 is 10.4 Å². The van der Waals surface area contributed by atoms with E-state index in [0.29, 0.717) is 5.69 Å². The number of alkyl halides is 1. The van der Waals surface area contributed by atoms with Crippen LogP contribution in [0, 0.1) is 0 Å². The molecule has 116 valence electrons. The average Bonchev–Trinajstić information content (AvgIpc) is 2.79. The van der Waals surface area contributed by atoms with Gasteiger partial charge in [0.05, 0.1) is 10.5 Å². The predicted molar refractivity (Wildman–Crippen MR) is 95.8 cm³/mol. The lowest BCUT2D eigenvalue weighted by Gasteiger charge is -2.10. The average molecular weight is 437 g/mol. The monoisotopic (exact) mass is 435 g/mol. The van der Waals surface area contributed by atoms with Crippen LogP contribution in [-0.2, 0) is 9.59 Å². The van der Waals surface area contributed by atoms with Crippen molar-refractivity contribution in [3.05, 3.63) is 64.1 Å². The van der Waals surface area contributed by atoms with E-state index in [1.54, 1.807) is 0 Å². The number of hydrogen-bond donors (Lipinski definition) is 2. The van der Waals surface area contributed by atoms with Gasteiger partial charge in [0.2, 0.25) is 5.91 Å². The SMILES string of the molecule is O=C(O)/C=C\C(=O)Nc1cc2c(cc1Br)-c1ccccc1[C@@H]2Br. The molecule has 0 aliphatic heterocycles. The maximum atomic E-state index is 11.8. The third kappa shape index (κ3) is 3.09. The Morgan fingerprint density at radius 1 is 1.09 bits per heavy atom. The van der Waals surface area contributed by atoms with E-state index in [9.17, 15) is 9.59 Å². The summed E-state index contributed by atoms with van der Waals surface area (Å²) in [4.78, 5) is 22.3. The molecule has 0 aromatic heterocycles. The molecule has 3 rings (SSSR count). The van der Waals surface area contributed by atoms with Crippen molar-refractivity contribution in [2.75, 3.05) is 5.32 Å². The maximum Gasteiger partial charge on any atom is 0.328 e. The van der Waals surface area contributed by atoms with E-state index in [-0.39, 0.29) is 4.83 Å². The third-order valence-corrected chi connectivity index (χ3v) is 5.21. The van der Waals surface area contributed by atoms with E-state index in [2.05, 4.69) is 49.3 Å². The van der Waals surface area contributed by atoms with Gasteiger partial charge in [-0.05, 0) is 50.3 Å². The first kappa shape index (κ1) is 16.0. The van der Waals surface area contributed by atoms with E-state index in [1.807, 2.05) is 24.3 Å². The second kappa shape index (κ2) is 6.29. The third-order valence-electron chi connectivity index (χ3n) is 3.57. The Labute approximate surface area is 149 Å². The first-order valence-electron chi connectivity index (χ1n) is 6.76. The molecule has 0 bridgehead atoms. The summed E-state index contributed by atoms with van der Waals surface area (Å²) in [5.41, 5.74) is 5.11. The molecule has 1 aliphatic rings. The standard InChI is InChI=1S/C17H11Br2NO3/c18-13-7-11-9-3-1-2-4-10(9)17(19)12(11)8-14(13)20-15(21)5-6-16(22)23/h1-8,17H,(H,20,21)(H,22,23)/b6-5-/t17-/m0/s1. The number of carbonyl (C=O) groups excluding carboxylic acids is 1. The molecule has 0 unspecified atom stereocenters. The molecule has 0 radical (unpaired) electrons. The number of carboxylic acid groups (broad SMARTS) is 1. The number of amides is 1. The summed E-state index contributed by atoms with van der Waals surface area (Å²) in [6.07, 6.45) is 1.79. The van der Waals surface area contributed by atoms with Crippen LogP contribution in [0.15, 0.2) is 53.0 Å². The highest BCUT2D eigenvalue weighted by Crippen LogP contribution is 2.50. The summed E-state index contributed by atoms with van der Waals surface area (Å²) < 4.78 is 0.740. The van der Waals surface area contributed by atoms with Gasteiger partial charge in [-0.2, -0.15) is 0 Å². The molecular formula is C17H11Br2NO3. The topological polar surface area (TPSA) is 66.4 Å². The van der Waals surface area contributed by atoms with Crippen molar-refractivity contribution in [2.45, 2.75) is 4.83 Å². The first-order chi connectivity index (χ1) is 11.0. The first-order valence-corrected chi connectivity index (χ1v) is 8.47. The second-order valence-electron chi connectivity index (χ2n) is 5.03. The Morgan fingerprint density at radius 2 is 1.83 bits per heavy atom. The maximum absolute atomic E-state index is 11.8. The van der Waals surface area contributed by atoms with Crippen LogP contribution < -0.4 is 5.32 Å². The molecule has 2 N–H and O–H groups in total. The molecule has 2 aromatic carbocycles. The van der Waals surface area contributed by atoms with Gasteiger partial charge in [0.1, 0.15) is 0 Å². The summed E-state index contributed by atoms with van der Waals surface area (Å²) in [6.45, 7) is 0. The second-order valence-corrected chi connectivity index (χ2v) is 6.80. The van der Waals surface area contributed by atoms with E-state index < -0.39 is 11.9 Å². The fourth-order valence-corrected chi connectivity index (χ4v) is 3.80. The van der Waals surface area contributed by atoms with Gasteiger partial charge in [0, 0.05) is 16.6 Å². The molecular weight excluding hydrogens is 426 g/mol. The molecule has 0 saturated heterocycles. The number of benzene rings is 2. The smallest absolute Gasteiger partial charge is 0.328 e. The molecule has 1 amide bonds. The summed E-state index contributed by atoms with van der Waals surface area (Å²) in [7, 11) is 0. The van der Waals surface area contributed by atoms with Crippen LogP contribution >= 0.6 is 31.9 Å². The molecule has 0 saturated carbocycles. The van der Waals surface area contributed by atoms with Crippen molar-refractivity contribution in [3.8, 4) is 11.1 Å². The zero-order valence-electron chi connectivity index (χ0n) is 11.7. The highest BCUT2D eigenvalue weighted by molar-refractivity contribution is 9.10. The molecule has 23 heavy (non-hydrogen) atoms. The van der Waals surface area contributed by atoms with E-state index in [0.717, 1.165) is 33.3 Å². The lowest BCUT2D eigenvalue weighted by atomic mass is 10.1. The van der Waals surface area contributed by atoms with Crippen molar-refractivity contribution in [3.63, 3.8) is 0 Å². The molecule has 6 heteroatoms. The molecule has 0 fully saturated rings. The number of hydrogen-bond acceptors (Lipinski definition) is 2. The normalized spacial score (nSPS) is 15.3. The minimum atomic E-state index is -1.16. The summed E-state index contributed by atoms with van der Waals surface area (Å²) >= 11 is 7.15. The fraction of sp³-hybridized carbons (Fsp3) is 0.0588. The minimum absolute atomic E-state index is 0.0620. The van der Waals surface area contributed by atoms with Crippen molar-refractivity contribution < 1.29 is 14.7 Å². The Morgan fingerprint density at radius 3 is 2.57 bits per heavy atom. The summed E-state index contributed by atoms with van der Waals surface area (Å²) in [5, 5.41) is 11.2. The van der Waals surface area contributed by atoms with Gasteiger partial charge in [-0.1, -0.05) is 40.2 Å². The number of fused-ring (bicyclic) bond motifs is 3. The number of halogens is 2. The van der Waals surface area contributed by atoms with E-state index in [4.69, 9.17) is 5.11 Å². The number of aliphatic carboxylic acids is 1. The number of rotatable bonds is 3. The van der Waals surface area contributed by atoms with Gasteiger partial charge in [-0.15, -0.1) is 0 Å². The zero-order valence-corrected chi connectivity index (χ0v) is 14.9. The quantitative estimate of drug-likeness (QED) is 0.550. The molecule has 0 spiro atoms. The van der Waals surface area contributed by atoms with Gasteiger partial charge in [0.15, 0.2) is 0 Å². The summed E-state index contributed by atoms with van der Waals surface area (Å²) in [5.74, 6) is -1.65. The van der Waals surface area contributed by atoms with Crippen LogP contribution in [0.1, 0.15) is 16.0 Å². The van der Waals surface area contributed by atoms with Gasteiger partial charge in [-0.3, -0.25) is 4.79 Å². The zero-order chi connectivity index (χ0) is 16.6. The Hall–Kier alpha value is -1.92. The fourth-order valence-electron chi connectivity index (χ4n) is 2.58. The highest BCUT2D eigenvalue weighted by atomic mass is 79.9. The Balaban J connectivity index is 1.95. The predicted octanol–water partition coefficient (Wildman–Crippen LogP) is 4.49. The highest BCUT2D eigenvalue weighted by Gasteiger charge is 2.27. The number of carbonyl (C=O) groups is 2.